The van der Waals surface area contributed by atoms with Gasteiger partial charge in [-0.05, 0) is 24.6 Å². The zero-order valence-corrected chi connectivity index (χ0v) is 10.4. The molecule has 17 heavy (non-hydrogen) atoms. The lowest BCUT2D eigenvalue weighted by Crippen LogP contribution is -2.05. The number of aliphatic carboxylic acids is 1. The summed E-state index contributed by atoms with van der Waals surface area (Å²) in [6.45, 7) is 5.34. The Morgan fingerprint density at radius 1 is 1.24 bits per heavy atom. The van der Waals surface area contributed by atoms with Gasteiger partial charge in [0.25, 0.3) is 0 Å². The molecule has 0 saturated carbocycles. The number of esters is 1. The van der Waals surface area contributed by atoms with Crippen molar-refractivity contribution < 1.29 is 19.4 Å². The van der Waals surface area contributed by atoms with E-state index in [-0.39, 0.29) is 12.4 Å². The minimum atomic E-state index is -0.745. The highest BCUT2D eigenvalue weighted by molar-refractivity contribution is 5.71. The molecule has 0 aliphatic rings. The number of benzene rings is 1. The fourth-order valence-corrected chi connectivity index (χ4v) is 0.882. The van der Waals surface area contributed by atoms with Gasteiger partial charge in [-0.25, -0.2) is 0 Å². The number of rotatable bonds is 3. The molecule has 0 spiro atoms. The van der Waals surface area contributed by atoms with E-state index in [4.69, 9.17) is 9.84 Å². The Morgan fingerprint density at radius 3 is 2.24 bits per heavy atom. The minimum Gasteiger partial charge on any atom is -0.481 e. The number of hydrogen-bond donors (Lipinski definition) is 1. The molecular formula is C13H18O4. The van der Waals surface area contributed by atoms with Crippen LogP contribution in [0.15, 0.2) is 24.3 Å². The molecule has 0 radical (unpaired) electrons. The van der Waals surface area contributed by atoms with Gasteiger partial charge in [-0.15, -0.1) is 0 Å². The molecule has 0 saturated heterocycles. The van der Waals surface area contributed by atoms with Crippen molar-refractivity contribution in [3.05, 3.63) is 29.8 Å². The van der Waals surface area contributed by atoms with Gasteiger partial charge in [0, 0.05) is 12.8 Å². The molecule has 0 amide bonds. The molecular weight excluding hydrogens is 220 g/mol. The summed E-state index contributed by atoms with van der Waals surface area (Å²) < 4.78 is 5.01. The summed E-state index contributed by atoms with van der Waals surface area (Å²) in [6.07, 6.45) is 0.633. The molecule has 1 aromatic rings. The third kappa shape index (κ3) is 8.02. The topological polar surface area (TPSA) is 63.6 Å². The first-order valence-electron chi connectivity index (χ1n) is 5.48. The first-order chi connectivity index (χ1) is 7.99. The maximum atomic E-state index is 10.9. The summed E-state index contributed by atoms with van der Waals surface area (Å²) in [7, 11) is 0. The van der Waals surface area contributed by atoms with E-state index in [2.05, 4.69) is 0 Å². The summed E-state index contributed by atoms with van der Waals surface area (Å²) in [6, 6.07) is 7.45. The van der Waals surface area contributed by atoms with Crippen LogP contribution in [0.3, 0.4) is 0 Å². The van der Waals surface area contributed by atoms with Crippen LogP contribution in [-0.2, 0) is 9.59 Å². The average Bonchev–Trinajstić information content (AvgIpc) is 2.29. The quantitative estimate of drug-likeness (QED) is 0.649. The van der Waals surface area contributed by atoms with E-state index < -0.39 is 5.97 Å². The Hall–Kier alpha value is -1.84. The second kappa shape index (κ2) is 8.33. The van der Waals surface area contributed by atoms with Gasteiger partial charge in [0.05, 0.1) is 0 Å². The molecule has 0 fully saturated rings. The molecule has 1 rings (SSSR count). The largest absolute Gasteiger partial charge is 0.481 e. The molecule has 94 valence electrons. The van der Waals surface area contributed by atoms with Crippen LogP contribution in [-0.4, -0.2) is 17.0 Å². The number of ether oxygens (including phenoxy) is 1. The van der Waals surface area contributed by atoms with Gasteiger partial charge < -0.3 is 9.84 Å². The summed E-state index contributed by atoms with van der Waals surface area (Å²) >= 11 is 0. The zero-order chi connectivity index (χ0) is 13.3. The normalized spacial score (nSPS) is 8.88. The Balaban J connectivity index is 0.000000437. The van der Waals surface area contributed by atoms with Crippen LogP contribution < -0.4 is 4.74 Å². The second-order valence-corrected chi connectivity index (χ2v) is 3.39. The maximum absolute atomic E-state index is 10.9. The highest BCUT2D eigenvalue weighted by Crippen LogP contribution is 2.12. The minimum absolute atomic E-state index is 0.194. The van der Waals surface area contributed by atoms with E-state index >= 15 is 0 Å². The fourth-order valence-electron chi connectivity index (χ4n) is 0.882. The monoisotopic (exact) mass is 238 g/mol. The van der Waals surface area contributed by atoms with Crippen LogP contribution in [0, 0.1) is 6.92 Å². The van der Waals surface area contributed by atoms with E-state index in [0.717, 1.165) is 5.56 Å². The number of carbonyl (C=O) groups is 2. The third-order valence-corrected chi connectivity index (χ3v) is 1.81. The first-order valence-corrected chi connectivity index (χ1v) is 5.48. The molecule has 4 nitrogen and oxygen atoms in total. The lowest BCUT2D eigenvalue weighted by molar-refractivity contribution is -0.136. The number of carboxylic acid groups (broad SMARTS) is 1. The lowest BCUT2D eigenvalue weighted by atomic mass is 10.2. The van der Waals surface area contributed by atoms with E-state index in [1.54, 1.807) is 19.9 Å². The first kappa shape index (κ1) is 15.2. The van der Waals surface area contributed by atoms with Gasteiger partial charge in [0.2, 0.25) is 0 Å². The number of aryl methyl sites for hydroxylation is 1. The molecule has 1 aromatic carbocycles. The van der Waals surface area contributed by atoms with Crippen molar-refractivity contribution in [3.8, 4) is 5.75 Å². The van der Waals surface area contributed by atoms with Crippen molar-refractivity contribution in [1.82, 2.24) is 0 Å². The average molecular weight is 238 g/mol. The van der Waals surface area contributed by atoms with Gasteiger partial charge in [-0.1, -0.05) is 26.0 Å². The fraction of sp³-hybridized carbons (Fsp3) is 0.385. The predicted octanol–water partition coefficient (Wildman–Crippen LogP) is 2.79. The Kier molecular flexibility index (Phi) is 7.43. The Labute approximate surface area is 101 Å². The SMILES string of the molecule is CCC(=O)O.CCC(=O)Oc1cccc(C)c1. The molecule has 0 unspecified atom stereocenters. The van der Waals surface area contributed by atoms with Crippen molar-refractivity contribution in [1.29, 1.82) is 0 Å². The maximum Gasteiger partial charge on any atom is 0.310 e. The van der Waals surface area contributed by atoms with E-state index in [1.165, 1.54) is 0 Å². The third-order valence-electron chi connectivity index (χ3n) is 1.81. The number of hydrogen-bond acceptors (Lipinski definition) is 3. The summed E-state index contributed by atoms with van der Waals surface area (Å²) in [5.74, 6) is -0.313. The van der Waals surface area contributed by atoms with Crippen LogP contribution in [0.5, 0.6) is 5.75 Å². The zero-order valence-electron chi connectivity index (χ0n) is 10.4. The Bertz CT molecular complexity index is 371. The molecule has 0 aliphatic heterocycles. The van der Waals surface area contributed by atoms with Gasteiger partial charge in [0.1, 0.15) is 5.75 Å². The van der Waals surface area contributed by atoms with Crippen molar-refractivity contribution in [3.63, 3.8) is 0 Å². The molecule has 0 bridgehead atoms. The number of carbonyl (C=O) groups excluding carboxylic acids is 1. The molecule has 0 atom stereocenters. The molecule has 0 heterocycles. The molecule has 0 aromatic heterocycles. The van der Waals surface area contributed by atoms with Gasteiger partial charge in [-0.3, -0.25) is 9.59 Å². The molecule has 1 N–H and O–H groups in total. The highest BCUT2D eigenvalue weighted by Gasteiger charge is 1.99. The van der Waals surface area contributed by atoms with E-state index in [9.17, 15) is 9.59 Å². The van der Waals surface area contributed by atoms with Crippen LogP contribution in [0.1, 0.15) is 32.3 Å². The number of carboxylic acids is 1. The smallest absolute Gasteiger partial charge is 0.310 e. The van der Waals surface area contributed by atoms with Crippen molar-refractivity contribution in [2.75, 3.05) is 0 Å². The lowest BCUT2D eigenvalue weighted by Gasteiger charge is -2.02. The van der Waals surface area contributed by atoms with Crippen LogP contribution in [0.2, 0.25) is 0 Å². The second-order valence-electron chi connectivity index (χ2n) is 3.39. The Morgan fingerprint density at radius 2 is 1.82 bits per heavy atom. The molecule has 0 aliphatic carbocycles. The summed E-state index contributed by atoms with van der Waals surface area (Å²) in [5, 5.41) is 7.72. The van der Waals surface area contributed by atoms with Crippen molar-refractivity contribution in [2.24, 2.45) is 0 Å². The van der Waals surface area contributed by atoms with Crippen LogP contribution in [0.4, 0.5) is 0 Å². The standard InChI is InChI=1S/C10H12O2.C3H6O2/c1-3-10(11)12-9-6-4-5-8(2)7-9;1-2-3(4)5/h4-7H,3H2,1-2H3;2H2,1H3,(H,4,5). The van der Waals surface area contributed by atoms with Gasteiger partial charge in [-0.2, -0.15) is 0 Å². The van der Waals surface area contributed by atoms with Crippen LogP contribution >= 0.6 is 0 Å². The van der Waals surface area contributed by atoms with Crippen molar-refractivity contribution in [2.45, 2.75) is 33.6 Å². The van der Waals surface area contributed by atoms with E-state index in [1.807, 2.05) is 25.1 Å². The predicted molar refractivity (Wildman–Crippen MR) is 65.0 cm³/mol. The van der Waals surface area contributed by atoms with Gasteiger partial charge >= 0.3 is 11.9 Å². The highest BCUT2D eigenvalue weighted by atomic mass is 16.5. The summed E-state index contributed by atoms with van der Waals surface area (Å²) in [4.78, 5) is 20.2. The summed E-state index contributed by atoms with van der Waals surface area (Å²) in [5.41, 5.74) is 1.09. The van der Waals surface area contributed by atoms with Crippen molar-refractivity contribution >= 4 is 11.9 Å². The van der Waals surface area contributed by atoms with Gasteiger partial charge in [0.15, 0.2) is 0 Å². The molecule has 4 heteroatoms. The van der Waals surface area contributed by atoms with E-state index in [0.29, 0.717) is 12.2 Å². The van der Waals surface area contributed by atoms with Crippen LogP contribution in [0.25, 0.3) is 0 Å².